The highest BCUT2D eigenvalue weighted by Crippen LogP contribution is 2.31. The zero-order valence-corrected chi connectivity index (χ0v) is 19.2. The number of hydrogen-bond acceptors (Lipinski definition) is 7. The zero-order valence-electron chi connectivity index (χ0n) is 19.2. The quantitative estimate of drug-likeness (QED) is 0.317. The van der Waals surface area contributed by atoms with Crippen LogP contribution in [0.4, 0.5) is 5.69 Å². The maximum Gasteiger partial charge on any atom is 0.345 e. The van der Waals surface area contributed by atoms with E-state index in [1.807, 2.05) is 31.2 Å². The number of Topliss-reactive ketones (excluding diaryl/α,β-unsaturated/α-hetero) is 1. The van der Waals surface area contributed by atoms with Gasteiger partial charge in [0.25, 0.3) is 0 Å². The average molecular weight is 475 g/mol. The van der Waals surface area contributed by atoms with Gasteiger partial charge >= 0.3 is 5.97 Å². The van der Waals surface area contributed by atoms with Gasteiger partial charge in [-0.1, -0.05) is 12.1 Å². The molecule has 9 nitrogen and oxygen atoms in total. The van der Waals surface area contributed by atoms with Crippen molar-refractivity contribution in [2.75, 3.05) is 18.4 Å². The van der Waals surface area contributed by atoms with Crippen molar-refractivity contribution in [2.45, 2.75) is 32.4 Å². The Morgan fingerprint density at radius 2 is 2.11 bits per heavy atom. The lowest BCUT2D eigenvalue weighted by Gasteiger charge is -2.29. The first kappa shape index (κ1) is 22.8. The Bertz CT molecular complexity index is 1370. The van der Waals surface area contributed by atoms with Gasteiger partial charge < -0.3 is 25.3 Å². The number of benzene rings is 1. The zero-order chi connectivity index (χ0) is 24.5. The minimum absolute atomic E-state index is 0.0730. The molecule has 0 radical (unpaired) electrons. The van der Waals surface area contributed by atoms with Gasteiger partial charge in [-0.3, -0.25) is 9.69 Å². The van der Waals surface area contributed by atoms with Crippen molar-refractivity contribution in [1.82, 2.24) is 14.9 Å². The fourth-order valence-electron chi connectivity index (χ4n) is 4.47. The Kier molecular flexibility index (Phi) is 6.10. The third-order valence-corrected chi connectivity index (χ3v) is 6.38. The summed E-state index contributed by atoms with van der Waals surface area (Å²) in [5.74, 6) is -2.23. The Morgan fingerprint density at radius 3 is 2.86 bits per heavy atom. The van der Waals surface area contributed by atoms with Gasteiger partial charge in [0.2, 0.25) is 11.7 Å². The molecule has 0 bridgehead atoms. The van der Waals surface area contributed by atoms with E-state index in [1.54, 1.807) is 18.5 Å². The van der Waals surface area contributed by atoms with Crippen molar-refractivity contribution < 1.29 is 24.5 Å². The number of carboxylic acids is 1. The number of aromatic nitrogens is 2. The molecule has 0 atom stereocenters. The fourth-order valence-corrected chi connectivity index (χ4v) is 4.47. The van der Waals surface area contributed by atoms with Crippen molar-refractivity contribution in [3.05, 3.63) is 76.6 Å². The largest absolute Gasteiger partial charge is 0.477 e. The van der Waals surface area contributed by atoms with E-state index in [1.165, 1.54) is 6.08 Å². The predicted molar refractivity (Wildman–Crippen MR) is 130 cm³/mol. The van der Waals surface area contributed by atoms with Gasteiger partial charge in [-0.05, 0) is 55.2 Å². The molecule has 2 aromatic heterocycles. The number of likely N-dealkylation sites (tertiary alicyclic amines) is 1. The van der Waals surface area contributed by atoms with Crippen molar-refractivity contribution in [1.29, 1.82) is 0 Å². The third kappa shape index (κ3) is 4.68. The highest BCUT2D eigenvalue weighted by molar-refractivity contribution is 6.26. The number of rotatable bonds is 6. The van der Waals surface area contributed by atoms with Crippen molar-refractivity contribution >= 4 is 34.5 Å². The molecule has 5 rings (SSSR count). The van der Waals surface area contributed by atoms with Gasteiger partial charge in [-0.25, -0.2) is 9.78 Å². The van der Waals surface area contributed by atoms with E-state index in [4.69, 9.17) is 4.74 Å². The Hall–Kier alpha value is -3.95. The molecule has 1 fully saturated rings. The second-order valence-electron chi connectivity index (χ2n) is 8.87. The number of aliphatic hydroxyl groups excluding tert-OH is 1. The number of pyridine rings is 1. The summed E-state index contributed by atoms with van der Waals surface area (Å²) >= 11 is 0. The summed E-state index contributed by atoms with van der Waals surface area (Å²) in [7, 11) is 0. The average Bonchev–Trinajstić information content (AvgIpc) is 3.38. The number of ether oxygens (including phenoxy) is 1. The summed E-state index contributed by atoms with van der Waals surface area (Å²) in [6.07, 6.45) is 6.22. The number of anilines is 1. The molecule has 2 aliphatic heterocycles. The van der Waals surface area contributed by atoms with E-state index in [-0.39, 0.29) is 17.7 Å². The highest BCUT2D eigenvalue weighted by Gasteiger charge is 2.36. The Labute approximate surface area is 201 Å². The standard InChI is InChI=1S/C26H26N4O5/c1-15-11-16(14-30-9-6-18(31)7-10-30)4-5-20(15)29-25-22(26(33)34)23(32)21(35-25)12-17-13-28-24-19(17)3-2-8-27-24/h2-5,8,11-13,18,29,31H,6-7,9-10,14H2,1H3,(H,27,28)(H,33,34). The molecule has 2 aliphatic rings. The molecular formula is C26H26N4O5. The number of aromatic amines is 1. The number of carboxylic acid groups (broad SMARTS) is 1. The first-order valence-electron chi connectivity index (χ1n) is 11.5. The normalized spacial score (nSPS) is 18.5. The lowest BCUT2D eigenvalue weighted by molar-refractivity contribution is -0.134. The van der Waals surface area contributed by atoms with Crippen LogP contribution in [0.2, 0.25) is 0 Å². The summed E-state index contributed by atoms with van der Waals surface area (Å²) < 4.78 is 5.72. The third-order valence-electron chi connectivity index (χ3n) is 6.38. The Balaban J connectivity index is 1.36. The fraction of sp³-hybridized carbons (Fsp3) is 0.269. The van der Waals surface area contributed by atoms with E-state index in [2.05, 4.69) is 20.2 Å². The number of aryl methyl sites for hydroxylation is 1. The number of allylic oxidation sites excluding steroid dienone is 1. The first-order valence-corrected chi connectivity index (χ1v) is 11.5. The van der Waals surface area contributed by atoms with Crippen LogP contribution in [0.15, 0.2) is 59.9 Å². The summed E-state index contributed by atoms with van der Waals surface area (Å²) in [6.45, 7) is 4.40. The summed E-state index contributed by atoms with van der Waals surface area (Å²) in [5.41, 5.74) is 3.56. The second kappa shape index (κ2) is 9.36. The number of aliphatic carboxylic acids is 1. The number of piperidine rings is 1. The van der Waals surface area contributed by atoms with E-state index in [0.717, 1.165) is 49.0 Å². The van der Waals surface area contributed by atoms with Crippen LogP contribution >= 0.6 is 0 Å². The molecule has 4 heterocycles. The van der Waals surface area contributed by atoms with Crippen molar-refractivity contribution in [3.8, 4) is 0 Å². The lowest BCUT2D eigenvalue weighted by atomic mass is 10.1. The number of fused-ring (bicyclic) bond motifs is 1. The van der Waals surface area contributed by atoms with Gasteiger partial charge in [0.15, 0.2) is 11.3 Å². The minimum Gasteiger partial charge on any atom is -0.477 e. The SMILES string of the molecule is Cc1cc(CN2CCC(O)CC2)ccc1NC1=C(C(=O)O)C(=O)C(=Cc2c[nH]c3ncccc23)O1. The first-order chi connectivity index (χ1) is 16.9. The molecule has 1 aromatic carbocycles. The molecule has 180 valence electrons. The molecule has 0 saturated carbocycles. The van der Waals surface area contributed by atoms with Crippen LogP contribution in [0.1, 0.15) is 29.5 Å². The lowest BCUT2D eigenvalue weighted by Crippen LogP contribution is -2.35. The van der Waals surface area contributed by atoms with E-state index in [0.29, 0.717) is 16.9 Å². The molecule has 0 amide bonds. The van der Waals surface area contributed by atoms with Crippen LogP contribution in [-0.4, -0.2) is 56.0 Å². The highest BCUT2D eigenvalue weighted by atomic mass is 16.5. The monoisotopic (exact) mass is 474 g/mol. The number of aliphatic hydroxyl groups is 1. The van der Waals surface area contributed by atoms with Gasteiger partial charge in [0.05, 0.1) is 6.10 Å². The molecule has 9 heteroatoms. The molecule has 0 aliphatic carbocycles. The maximum atomic E-state index is 12.9. The second-order valence-corrected chi connectivity index (χ2v) is 8.87. The van der Waals surface area contributed by atoms with Crippen molar-refractivity contribution in [3.63, 3.8) is 0 Å². The van der Waals surface area contributed by atoms with Gasteiger partial charge in [0, 0.05) is 48.7 Å². The van der Waals surface area contributed by atoms with E-state index in [9.17, 15) is 19.8 Å². The molecule has 1 saturated heterocycles. The molecular weight excluding hydrogens is 448 g/mol. The molecule has 35 heavy (non-hydrogen) atoms. The van der Waals surface area contributed by atoms with Gasteiger partial charge in [-0.15, -0.1) is 0 Å². The molecule has 0 spiro atoms. The maximum absolute atomic E-state index is 12.9. The van der Waals surface area contributed by atoms with Crippen LogP contribution < -0.4 is 5.32 Å². The summed E-state index contributed by atoms with van der Waals surface area (Å²) in [6, 6.07) is 9.49. The summed E-state index contributed by atoms with van der Waals surface area (Å²) in [5, 5.41) is 23.2. The number of hydrogen-bond donors (Lipinski definition) is 4. The smallest absolute Gasteiger partial charge is 0.345 e. The minimum atomic E-state index is -1.36. The van der Waals surface area contributed by atoms with Crippen LogP contribution in [0.3, 0.4) is 0 Å². The van der Waals surface area contributed by atoms with Gasteiger partial charge in [-0.2, -0.15) is 0 Å². The number of nitrogens with zero attached hydrogens (tertiary/aromatic N) is 2. The van der Waals surface area contributed by atoms with Crippen LogP contribution in [-0.2, 0) is 20.9 Å². The summed E-state index contributed by atoms with van der Waals surface area (Å²) in [4.78, 5) is 34.3. The number of ketones is 1. The van der Waals surface area contributed by atoms with Gasteiger partial charge in [0.1, 0.15) is 5.65 Å². The Morgan fingerprint density at radius 1 is 1.31 bits per heavy atom. The predicted octanol–water partition coefficient (Wildman–Crippen LogP) is 3.18. The molecule has 4 N–H and O–H groups in total. The van der Waals surface area contributed by atoms with Crippen LogP contribution in [0.5, 0.6) is 0 Å². The number of carbonyl (C=O) groups excluding carboxylic acids is 1. The molecule has 3 aromatic rings. The molecule has 0 unspecified atom stereocenters. The van der Waals surface area contributed by atoms with Crippen LogP contribution in [0.25, 0.3) is 17.1 Å². The number of nitrogens with one attached hydrogen (secondary N) is 2. The van der Waals surface area contributed by atoms with E-state index >= 15 is 0 Å². The van der Waals surface area contributed by atoms with Crippen molar-refractivity contribution in [2.24, 2.45) is 0 Å². The topological polar surface area (TPSA) is 128 Å². The van der Waals surface area contributed by atoms with E-state index < -0.39 is 17.3 Å². The number of H-pyrrole nitrogens is 1. The van der Waals surface area contributed by atoms with Crippen LogP contribution in [0, 0.1) is 6.92 Å². The number of carbonyl (C=O) groups is 2.